The number of ether oxygens (including phenoxy) is 1. The van der Waals surface area contributed by atoms with E-state index in [1.165, 1.54) is 29.9 Å². The van der Waals surface area contributed by atoms with Crippen molar-refractivity contribution >= 4 is 74.3 Å². The molecule has 3 N–H and O–H groups in total. The van der Waals surface area contributed by atoms with Crippen molar-refractivity contribution in [3.63, 3.8) is 0 Å². The highest BCUT2D eigenvalue weighted by Gasteiger charge is 2.42. The molecule has 2 aromatic heterocycles. The van der Waals surface area contributed by atoms with Crippen LogP contribution in [0.25, 0.3) is 0 Å². The smallest absolute Gasteiger partial charge is 0.255 e. The first kappa shape index (κ1) is 46.8. The Balaban J connectivity index is 0.848. The van der Waals surface area contributed by atoms with Crippen molar-refractivity contribution in [1.82, 2.24) is 35.0 Å². The number of nitrogens with zero attached hydrogens (tertiary/aromatic N) is 7. The highest BCUT2D eigenvalue weighted by molar-refractivity contribution is 7.92. The first-order valence-electron chi connectivity index (χ1n) is 22.5. The number of hydrogen-bond acceptors (Lipinski definition) is 15. The molecule has 66 heavy (non-hydrogen) atoms. The van der Waals surface area contributed by atoms with Crippen LogP contribution in [0.1, 0.15) is 91.1 Å². The lowest BCUT2D eigenvalue weighted by Gasteiger charge is -2.55. The predicted molar refractivity (Wildman–Crippen MR) is 252 cm³/mol. The second kappa shape index (κ2) is 19.3. The summed E-state index contributed by atoms with van der Waals surface area (Å²) in [5.41, 5.74) is 4.74. The molecule has 4 saturated heterocycles. The van der Waals surface area contributed by atoms with Gasteiger partial charge in [-0.1, -0.05) is 11.6 Å². The average molecular weight is 942 g/mol. The van der Waals surface area contributed by atoms with Gasteiger partial charge in [-0.3, -0.25) is 34.3 Å². The number of sulfone groups is 1. The standard InChI is InChI=1S/C47H57ClN10O7S/c1-27(2)65-41-20-36(29(5)18-39(41)52-47-50-21-37(48)43(54-47)51-38-8-7-15-49-45(38)66(63,64)28(3)4)30-13-16-56(17-14-30)33-22-58(23-33)34-24-57(25-34)32-9-10-35(31(19-32)26-59)46(62)55(6)40-11-12-42(60)53-44(40)61/h7-10,15,18-21,26-28,30,33-34,40H,11-14,16-17,22-25H2,1-6H3,(H,53,60,61)(H2,50,51,52,54). The summed E-state index contributed by atoms with van der Waals surface area (Å²) in [6.45, 7) is 15.0. The molecule has 0 spiro atoms. The first-order valence-corrected chi connectivity index (χ1v) is 24.4. The van der Waals surface area contributed by atoms with Crippen molar-refractivity contribution in [2.45, 2.75) is 101 Å². The van der Waals surface area contributed by atoms with Crippen molar-refractivity contribution < 1.29 is 32.3 Å². The van der Waals surface area contributed by atoms with Gasteiger partial charge in [0.05, 0.1) is 34.5 Å². The molecule has 2 aromatic carbocycles. The van der Waals surface area contributed by atoms with Crippen LogP contribution in [0.3, 0.4) is 0 Å². The molecule has 6 heterocycles. The summed E-state index contributed by atoms with van der Waals surface area (Å²) in [5.74, 6) is 0.249. The summed E-state index contributed by atoms with van der Waals surface area (Å²) in [6.07, 6.45) is 5.95. The van der Waals surface area contributed by atoms with E-state index in [1.807, 2.05) is 19.9 Å². The number of hydrogen-bond donors (Lipinski definition) is 3. The van der Waals surface area contributed by atoms with Gasteiger partial charge in [0.25, 0.3) is 5.91 Å². The maximum absolute atomic E-state index is 13.3. The molecule has 0 bridgehead atoms. The number of nitrogens with one attached hydrogen (secondary N) is 3. The monoisotopic (exact) mass is 940 g/mol. The van der Waals surface area contributed by atoms with E-state index in [0.29, 0.717) is 35.7 Å². The summed E-state index contributed by atoms with van der Waals surface area (Å²) >= 11 is 6.51. The molecule has 1 unspecified atom stereocenters. The fourth-order valence-corrected chi connectivity index (χ4v) is 10.4. The number of amides is 3. The van der Waals surface area contributed by atoms with Crippen molar-refractivity contribution in [3.05, 3.63) is 82.1 Å². The number of aryl methyl sites for hydroxylation is 1. The third-order valence-electron chi connectivity index (χ3n) is 13.1. The largest absolute Gasteiger partial charge is 0.489 e. The van der Waals surface area contributed by atoms with E-state index in [2.05, 4.69) is 64.7 Å². The number of rotatable bonds is 15. The molecule has 350 valence electrons. The zero-order chi connectivity index (χ0) is 47.0. The molecule has 4 aliphatic heterocycles. The quantitative estimate of drug-likeness (QED) is 0.0964. The fourth-order valence-electron chi connectivity index (χ4n) is 9.20. The van der Waals surface area contributed by atoms with Gasteiger partial charge >= 0.3 is 0 Å². The number of anilines is 5. The molecule has 19 heteroatoms. The lowest BCUT2D eigenvalue weighted by Crippen LogP contribution is -2.70. The van der Waals surface area contributed by atoms with Crippen molar-refractivity contribution in [3.8, 4) is 5.75 Å². The maximum atomic E-state index is 13.3. The number of likely N-dealkylation sites (N-methyl/N-ethyl adjacent to an activating group) is 1. The molecular weight excluding hydrogens is 884 g/mol. The molecule has 4 aromatic rings. The number of pyridine rings is 1. The Morgan fingerprint density at radius 3 is 2.36 bits per heavy atom. The van der Waals surface area contributed by atoms with Gasteiger partial charge in [-0.15, -0.1) is 0 Å². The van der Waals surface area contributed by atoms with Crippen LogP contribution in [0.5, 0.6) is 5.75 Å². The number of carbonyl (C=O) groups is 4. The van der Waals surface area contributed by atoms with E-state index in [-0.39, 0.29) is 63.5 Å². The lowest BCUT2D eigenvalue weighted by molar-refractivity contribution is -0.136. The molecule has 0 radical (unpaired) electrons. The number of carbonyl (C=O) groups excluding carboxylic acids is 4. The van der Waals surface area contributed by atoms with Crippen LogP contribution in [-0.2, 0) is 19.4 Å². The molecular formula is C47H57ClN10O7S. The van der Waals surface area contributed by atoms with Crippen LogP contribution < -0.4 is 25.6 Å². The van der Waals surface area contributed by atoms with Gasteiger partial charge < -0.3 is 25.2 Å². The van der Waals surface area contributed by atoms with Crippen LogP contribution in [0.15, 0.2) is 59.9 Å². The molecule has 3 amide bonds. The predicted octanol–water partition coefficient (Wildman–Crippen LogP) is 5.73. The molecule has 0 aliphatic carbocycles. The van der Waals surface area contributed by atoms with Crippen molar-refractivity contribution in [2.24, 2.45) is 0 Å². The van der Waals surface area contributed by atoms with E-state index in [1.54, 1.807) is 38.1 Å². The number of benzene rings is 2. The van der Waals surface area contributed by atoms with E-state index in [0.717, 1.165) is 63.4 Å². The van der Waals surface area contributed by atoms with Crippen molar-refractivity contribution in [2.75, 3.05) is 61.8 Å². The summed E-state index contributed by atoms with van der Waals surface area (Å²) < 4.78 is 32.5. The maximum Gasteiger partial charge on any atom is 0.255 e. The summed E-state index contributed by atoms with van der Waals surface area (Å²) in [6, 6.07) is 12.9. The summed E-state index contributed by atoms with van der Waals surface area (Å²) in [5, 5.41) is 8.13. The van der Waals surface area contributed by atoms with E-state index < -0.39 is 32.9 Å². The highest BCUT2D eigenvalue weighted by Crippen LogP contribution is 2.40. The number of aldehydes is 1. The molecule has 1 atom stereocenters. The SMILES string of the molecule is Cc1cc(Nc2ncc(Cl)c(Nc3cccnc3S(=O)(=O)C(C)C)n2)c(OC(C)C)cc1C1CCN(C2CN(C3CN(c4ccc(C(=O)N(C)C5CCC(=O)NC5=O)c(C=O)c4)C3)C2)CC1. The Labute approximate surface area is 390 Å². The number of likely N-dealkylation sites (tertiary alicyclic amines) is 2. The number of halogens is 1. The van der Waals surface area contributed by atoms with Gasteiger partial charge in [0.2, 0.25) is 17.8 Å². The fraction of sp³-hybridized carbons (Fsp3) is 0.468. The normalized spacial score (nSPS) is 19.0. The molecule has 4 fully saturated rings. The summed E-state index contributed by atoms with van der Waals surface area (Å²) in [4.78, 5) is 71.3. The average Bonchev–Trinajstić information content (AvgIpc) is 3.25. The number of imide groups is 1. The molecule has 4 aliphatic rings. The van der Waals surface area contributed by atoms with Crippen LogP contribution in [-0.4, -0.2) is 138 Å². The third-order valence-corrected chi connectivity index (χ3v) is 15.5. The number of aromatic nitrogens is 3. The van der Waals surface area contributed by atoms with Gasteiger partial charge in [0.15, 0.2) is 27.0 Å². The van der Waals surface area contributed by atoms with Gasteiger partial charge in [-0.05, 0) is 126 Å². The molecule has 0 saturated carbocycles. The topological polar surface area (TPSA) is 199 Å². The second-order valence-corrected chi connectivity index (χ2v) is 21.0. The van der Waals surface area contributed by atoms with Gasteiger partial charge in [0, 0.05) is 69.2 Å². The second-order valence-electron chi connectivity index (χ2n) is 18.2. The highest BCUT2D eigenvalue weighted by atomic mass is 35.5. The molecule has 8 rings (SSSR count). The van der Waals surface area contributed by atoms with Crippen LogP contribution >= 0.6 is 11.6 Å². The Hall–Kier alpha value is -5.69. The Kier molecular flexibility index (Phi) is 13.7. The first-order chi connectivity index (χ1) is 31.5. The van der Waals surface area contributed by atoms with Crippen LogP contribution in [0.4, 0.5) is 28.8 Å². The third kappa shape index (κ3) is 9.73. The zero-order valence-electron chi connectivity index (χ0n) is 38.1. The minimum Gasteiger partial charge on any atom is -0.489 e. The Morgan fingerprint density at radius 1 is 0.955 bits per heavy atom. The zero-order valence-corrected chi connectivity index (χ0v) is 39.7. The van der Waals surface area contributed by atoms with E-state index in [9.17, 15) is 27.6 Å². The molecule has 17 nitrogen and oxygen atoms in total. The van der Waals surface area contributed by atoms with Crippen molar-refractivity contribution in [1.29, 1.82) is 0 Å². The van der Waals surface area contributed by atoms with Crippen LogP contribution in [0, 0.1) is 6.92 Å². The minimum absolute atomic E-state index is 0.0844. The van der Waals surface area contributed by atoms with E-state index >= 15 is 0 Å². The van der Waals surface area contributed by atoms with Gasteiger partial charge in [-0.2, -0.15) is 4.98 Å². The lowest BCUT2D eigenvalue weighted by atomic mass is 9.85. The minimum atomic E-state index is -3.69. The number of piperidine rings is 2. The summed E-state index contributed by atoms with van der Waals surface area (Å²) in [7, 11) is -2.17. The van der Waals surface area contributed by atoms with Gasteiger partial charge in [0.1, 0.15) is 16.8 Å². The van der Waals surface area contributed by atoms with E-state index in [4.69, 9.17) is 16.3 Å². The van der Waals surface area contributed by atoms with Crippen LogP contribution in [0.2, 0.25) is 5.02 Å². The Morgan fingerprint density at radius 2 is 1.68 bits per heavy atom. The Bertz CT molecular complexity index is 2630. The van der Waals surface area contributed by atoms with Gasteiger partial charge in [-0.25, -0.2) is 18.4 Å².